The van der Waals surface area contributed by atoms with Crippen LogP contribution in [0.1, 0.15) is 39.0 Å². The van der Waals surface area contributed by atoms with Crippen LogP contribution in [-0.4, -0.2) is 85.0 Å². The van der Waals surface area contributed by atoms with Gasteiger partial charge in [-0.25, -0.2) is 0 Å². The Morgan fingerprint density at radius 3 is 2.75 bits per heavy atom. The number of rotatable bonds is 5. The van der Waals surface area contributed by atoms with Crippen LogP contribution in [0, 0.1) is 5.92 Å². The number of hydrogen-bond acceptors (Lipinski definition) is 4. The number of hydrogen-bond donors (Lipinski definition) is 0. The molecule has 3 fully saturated rings. The highest BCUT2D eigenvalue weighted by Gasteiger charge is 2.43. The summed E-state index contributed by atoms with van der Waals surface area (Å²) in [4.78, 5) is 31.2. The number of carbonyl (C=O) groups is 2. The third kappa shape index (κ3) is 3.91. The first-order valence-corrected chi connectivity index (χ1v) is 9.38. The van der Waals surface area contributed by atoms with Gasteiger partial charge in [-0.3, -0.25) is 14.5 Å². The lowest BCUT2D eigenvalue weighted by Crippen LogP contribution is -2.62. The SMILES string of the molecule is CCOCC(=O)N1CCN(C)C2(CCC(=O)N(CC3CC3)CC2)C1. The molecule has 2 heterocycles. The summed E-state index contributed by atoms with van der Waals surface area (Å²) in [6.45, 7) is 6.75. The fraction of sp³-hybridized carbons (Fsp3) is 0.889. The molecule has 1 atom stereocenters. The molecule has 1 unspecified atom stereocenters. The zero-order valence-electron chi connectivity index (χ0n) is 15.1. The topological polar surface area (TPSA) is 53.1 Å². The number of carbonyl (C=O) groups excluding carboxylic acids is 2. The van der Waals surface area contributed by atoms with Crippen molar-refractivity contribution in [2.75, 3.05) is 53.0 Å². The minimum absolute atomic E-state index is 0.0614. The molecule has 0 aromatic rings. The molecule has 0 bridgehead atoms. The lowest BCUT2D eigenvalue weighted by Gasteiger charge is -2.49. The number of ether oxygens (including phenoxy) is 1. The Morgan fingerprint density at radius 1 is 1.25 bits per heavy atom. The van der Waals surface area contributed by atoms with Gasteiger partial charge in [0, 0.05) is 51.3 Å². The summed E-state index contributed by atoms with van der Waals surface area (Å²) in [5.41, 5.74) is -0.0614. The van der Waals surface area contributed by atoms with Gasteiger partial charge in [0.05, 0.1) is 0 Å². The second kappa shape index (κ2) is 7.40. The summed E-state index contributed by atoms with van der Waals surface area (Å²) in [5, 5.41) is 0. The molecule has 24 heavy (non-hydrogen) atoms. The van der Waals surface area contributed by atoms with E-state index in [9.17, 15) is 9.59 Å². The quantitative estimate of drug-likeness (QED) is 0.750. The molecule has 2 saturated heterocycles. The maximum atomic E-state index is 12.5. The van der Waals surface area contributed by atoms with Crippen LogP contribution in [0.15, 0.2) is 0 Å². The zero-order valence-corrected chi connectivity index (χ0v) is 15.1. The van der Waals surface area contributed by atoms with E-state index in [0.29, 0.717) is 18.9 Å². The largest absolute Gasteiger partial charge is 0.372 e. The first kappa shape index (κ1) is 17.7. The zero-order chi connectivity index (χ0) is 17.2. The predicted octanol–water partition coefficient (Wildman–Crippen LogP) is 0.958. The van der Waals surface area contributed by atoms with E-state index in [1.54, 1.807) is 0 Å². The first-order valence-electron chi connectivity index (χ1n) is 9.38. The van der Waals surface area contributed by atoms with Gasteiger partial charge in [0.2, 0.25) is 11.8 Å². The van der Waals surface area contributed by atoms with E-state index in [-0.39, 0.29) is 18.1 Å². The predicted molar refractivity (Wildman–Crippen MR) is 91.6 cm³/mol. The molecule has 1 aliphatic carbocycles. The molecule has 3 aliphatic rings. The van der Waals surface area contributed by atoms with E-state index in [1.807, 2.05) is 11.8 Å². The Morgan fingerprint density at radius 2 is 2.04 bits per heavy atom. The number of likely N-dealkylation sites (tertiary alicyclic amines) is 1. The maximum Gasteiger partial charge on any atom is 0.248 e. The average Bonchev–Trinajstić information content (AvgIpc) is 3.40. The van der Waals surface area contributed by atoms with Gasteiger partial charge in [-0.15, -0.1) is 0 Å². The van der Waals surface area contributed by atoms with Crippen molar-refractivity contribution >= 4 is 11.8 Å². The van der Waals surface area contributed by atoms with Crippen molar-refractivity contribution in [3.05, 3.63) is 0 Å². The van der Waals surface area contributed by atoms with Crippen molar-refractivity contribution in [1.29, 1.82) is 0 Å². The molecule has 1 spiro atoms. The van der Waals surface area contributed by atoms with Crippen LogP contribution in [0.4, 0.5) is 0 Å². The van der Waals surface area contributed by atoms with Crippen molar-refractivity contribution in [1.82, 2.24) is 14.7 Å². The Bertz CT molecular complexity index is 480. The molecular formula is C18H31N3O3. The number of piperazine rings is 1. The summed E-state index contributed by atoms with van der Waals surface area (Å²) in [6.07, 6.45) is 4.95. The second-order valence-corrected chi connectivity index (χ2v) is 7.63. The fourth-order valence-electron chi connectivity index (χ4n) is 3.99. The lowest BCUT2D eigenvalue weighted by atomic mass is 9.86. The highest BCUT2D eigenvalue weighted by atomic mass is 16.5. The van der Waals surface area contributed by atoms with E-state index in [4.69, 9.17) is 4.74 Å². The molecule has 1 saturated carbocycles. The van der Waals surface area contributed by atoms with E-state index in [0.717, 1.165) is 51.5 Å². The van der Waals surface area contributed by atoms with E-state index >= 15 is 0 Å². The maximum absolute atomic E-state index is 12.5. The van der Waals surface area contributed by atoms with E-state index in [2.05, 4.69) is 16.8 Å². The molecule has 6 heteroatoms. The Labute approximate surface area is 145 Å². The van der Waals surface area contributed by atoms with Crippen molar-refractivity contribution in [3.8, 4) is 0 Å². The van der Waals surface area contributed by atoms with Gasteiger partial charge in [0.1, 0.15) is 6.61 Å². The van der Waals surface area contributed by atoms with Crippen LogP contribution in [-0.2, 0) is 14.3 Å². The molecule has 2 aliphatic heterocycles. The third-order valence-electron chi connectivity index (χ3n) is 5.96. The monoisotopic (exact) mass is 337 g/mol. The number of nitrogens with zero attached hydrogens (tertiary/aromatic N) is 3. The van der Waals surface area contributed by atoms with Crippen molar-refractivity contribution in [2.24, 2.45) is 5.92 Å². The summed E-state index contributed by atoms with van der Waals surface area (Å²) in [7, 11) is 2.14. The molecular weight excluding hydrogens is 306 g/mol. The van der Waals surface area contributed by atoms with Gasteiger partial charge in [-0.1, -0.05) is 0 Å². The van der Waals surface area contributed by atoms with Gasteiger partial charge < -0.3 is 14.5 Å². The van der Waals surface area contributed by atoms with Gasteiger partial charge in [-0.2, -0.15) is 0 Å². The van der Waals surface area contributed by atoms with E-state index in [1.165, 1.54) is 12.8 Å². The minimum atomic E-state index is -0.0614. The smallest absolute Gasteiger partial charge is 0.248 e. The average molecular weight is 337 g/mol. The summed E-state index contributed by atoms with van der Waals surface area (Å²) >= 11 is 0. The van der Waals surface area contributed by atoms with E-state index < -0.39 is 0 Å². The van der Waals surface area contributed by atoms with Gasteiger partial charge >= 0.3 is 0 Å². The Kier molecular flexibility index (Phi) is 5.45. The first-order chi connectivity index (χ1) is 11.5. The van der Waals surface area contributed by atoms with Crippen molar-refractivity contribution in [2.45, 2.75) is 44.6 Å². The van der Waals surface area contributed by atoms with Crippen molar-refractivity contribution < 1.29 is 14.3 Å². The second-order valence-electron chi connectivity index (χ2n) is 7.63. The molecule has 6 nitrogen and oxygen atoms in total. The molecule has 3 rings (SSSR count). The highest BCUT2D eigenvalue weighted by molar-refractivity contribution is 5.78. The number of likely N-dealkylation sites (N-methyl/N-ethyl adjacent to an activating group) is 1. The molecule has 2 amide bonds. The molecule has 0 N–H and O–H groups in total. The normalized spacial score (nSPS) is 29.2. The minimum Gasteiger partial charge on any atom is -0.372 e. The van der Waals surface area contributed by atoms with Crippen LogP contribution in [0.5, 0.6) is 0 Å². The molecule has 0 aromatic heterocycles. The standard InChI is InChI=1S/C18H31N3O3/c1-3-24-13-17(23)21-11-10-19(2)18(14-21)7-6-16(22)20(9-8-18)12-15-4-5-15/h15H,3-14H2,1-2H3. The van der Waals surface area contributed by atoms with Crippen LogP contribution >= 0.6 is 0 Å². The van der Waals surface area contributed by atoms with Crippen LogP contribution in [0.3, 0.4) is 0 Å². The molecule has 0 aromatic carbocycles. The van der Waals surface area contributed by atoms with Gasteiger partial charge in [-0.05, 0) is 45.6 Å². The lowest BCUT2D eigenvalue weighted by molar-refractivity contribution is -0.141. The van der Waals surface area contributed by atoms with Crippen LogP contribution in [0.2, 0.25) is 0 Å². The van der Waals surface area contributed by atoms with Crippen molar-refractivity contribution in [3.63, 3.8) is 0 Å². The Hall–Kier alpha value is -1.14. The highest BCUT2D eigenvalue weighted by Crippen LogP contribution is 2.35. The fourth-order valence-corrected chi connectivity index (χ4v) is 3.99. The van der Waals surface area contributed by atoms with Crippen LogP contribution in [0.25, 0.3) is 0 Å². The summed E-state index contributed by atoms with van der Waals surface area (Å²) in [6, 6.07) is 0. The summed E-state index contributed by atoms with van der Waals surface area (Å²) < 4.78 is 5.29. The Balaban J connectivity index is 1.65. The van der Waals surface area contributed by atoms with Gasteiger partial charge in [0.25, 0.3) is 0 Å². The third-order valence-corrected chi connectivity index (χ3v) is 5.96. The molecule has 136 valence electrons. The number of amides is 2. The molecule has 0 radical (unpaired) electrons. The summed E-state index contributed by atoms with van der Waals surface area (Å²) in [5.74, 6) is 1.11. The van der Waals surface area contributed by atoms with Gasteiger partial charge in [0.15, 0.2) is 0 Å². The van der Waals surface area contributed by atoms with Crippen LogP contribution < -0.4 is 0 Å².